The van der Waals surface area contributed by atoms with Crippen LogP contribution in [0.3, 0.4) is 0 Å². The molecule has 19 heavy (non-hydrogen) atoms. The number of ketones is 1. The van der Waals surface area contributed by atoms with E-state index in [2.05, 4.69) is 0 Å². The van der Waals surface area contributed by atoms with E-state index in [-0.39, 0.29) is 5.78 Å². The van der Waals surface area contributed by atoms with Gasteiger partial charge in [-0.1, -0.05) is 30.3 Å². The van der Waals surface area contributed by atoms with E-state index in [0.29, 0.717) is 0 Å². The fraction of sp³-hybridized carbons (Fsp3) is 0.118. The summed E-state index contributed by atoms with van der Waals surface area (Å²) >= 11 is 0. The Kier molecular flexibility index (Phi) is 4.14. The Balaban J connectivity index is 2.20. The largest absolute Gasteiger partial charge is 0.457 e. The highest BCUT2D eigenvalue weighted by Gasteiger charge is 2.00. The summed E-state index contributed by atoms with van der Waals surface area (Å²) in [4.78, 5) is 11.2. The number of Topliss-reactive ketones (excluding diaryl/α,β-unsaturated/α-hetero) is 1. The van der Waals surface area contributed by atoms with Crippen LogP contribution in [0.1, 0.15) is 19.4 Å². The third kappa shape index (κ3) is 3.81. The maximum atomic E-state index is 11.2. The van der Waals surface area contributed by atoms with E-state index in [1.807, 2.05) is 67.6 Å². The van der Waals surface area contributed by atoms with E-state index in [0.717, 1.165) is 22.6 Å². The zero-order valence-electron chi connectivity index (χ0n) is 11.1. The third-order valence-electron chi connectivity index (χ3n) is 2.78. The Morgan fingerprint density at radius 2 is 1.63 bits per heavy atom. The number of hydrogen-bond acceptors (Lipinski definition) is 2. The van der Waals surface area contributed by atoms with Gasteiger partial charge in [-0.3, -0.25) is 4.79 Å². The van der Waals surface area contributed by atoms with Gasteiger partial charge in [0, 0.05) is 0 Å². The summed E-state index contributed by atoms with van der Waals surface area (Å²) in [6, 6.07) is 17.3. The number of hydrogen-bond donors (Lipinski definition) is 0. The fourth-order valence-electron chi connectivity index (χ4n) is 1.64. The van der Waals surface area contributed by atoms with Gasteiger partial charge in [-0.2, -0.15) is 0 Å². The van der Waals surface area contributed by atoms with Crippen molar-refractivity contribution < 1.29 is 9.53 Å². The Labute approximate surface area is 113 Å². The van der Waals surface area contributed by atoms with Crippen molar-refractivity contribution in [2.75, 3.05) is 0 Å². The van der Waals surface area contributed by atoms with E-state index in [1.165, 1.54) is 0 Å². The van der Waals surface area contributed by atoms with Gasteiger partial charge in [0.05, 0.1) is 0 Å². The highest BCUT2D eigenvalue weighted by atomic mass is 16.5. The first-order valence-corrected chi connectivity index (χ1v) is 6.17. The molecular formula is C17H16O2. The van der Waals surface area contributed by atoms with Gasteiger partial charge >= 0.3 is 0 Å². The Morgan fingerprint density at radius 3 is 2.32 bits per heavy atom. The molecule has 2 rings (SSSR count). The predicted molar refractivity (Wildman–Crippen MR) is 77.3 cm³/mol. The van der Waals surface area contributed by atoms with Crippen LogP contribution in [0.2, 0.25) is 0 Å². The monoisotopic (exact) mass is 252 g/mol. The van der Waals surface area contributed by atoms with Crippen molar-refractivity contribution in [3.05, 3.63) is 65.7 Å². The molecule has 2 heteroatoms. The number of allylic oxidation sites excluding steroid dienone is 1. The predicted octanol–water partition coefficient (Wildman–Crippen LogP) is 4.47. The Bertz CT molecular complexity index is 598. The number of carbonyl (C=O) groups is 1. The molecule has 0 aliphatic heterocycles. The van der Waals surface area contributed by atoms with Crippen LogP contribution in [0.5, 0.6) is 11.5 Å². The molecule has 0 spiro atoms. The molecule has 0 aliphatic carbocycles. The summed E-state index contributed by atoms with van der Waals surface area (Å²) in [6.07, 6.45) is 1.86. The van der Waals surface area contributed by atoms with Crippen molar-refractivity contribution in [3.63, 3.8) is 0 Å². The lowest BCUT2D eigenvalue weighted by Gasteiger charge is -2.06. The molecule has 2 nitrogen and oxygen atoms in total. The van der Waals surface area contributed by atoms with Gasteiger partial charge in [0.2, 0.25) is 0 Å². The van der Waals surface area contributed by atoms with E-state index in [9.17, 15) is 4.79 Å². The molecule has 0 radical (unpaired) electrons. The molecule has 0 aliphatic rings. The first-order valence-electron chi connectivity index (χ1n) is 6.17. The standard InChI is InChI=1S/C17H16O2/c1-13(14(2)18)11-15-7-6-10-17(12-15)19-16-8-4-3-5-9-16/h3-12H,1-2H3/b13-11+. The van der Waals surface area contributed by atoms with Gasteiger partial charge in [-0.05, 0) is 55.3 Å². The fourth-order valence-corrected chi connectivity index (χ4v) is 1.64. The van der Waals surface area contributed by atoms with Gasteiger partial charge in [-0.25, -0.2) is 0 Å². The lowest BCUT2D eigenvalue weighted by molar-refractivity contribution is -0.113. The maximum Gasteiger partial charge on any atom is 0.155 e. The molecule has 0 amide bonds. The van der Waals surface area contributed by atoms with E-state index in [1.54, 1.807) is 6.92 Å². The lowest BCUT2D eigenvalue weighted by atomic mass is 10.1. The first-order chi connectivity index (χ1) is 9.15. The van der Waals surface area contributed by atoms with Crippen LogP contribution in [0.25, 0.3) is 6.08 Å². The van der Waals surface area contributed by atoms with Crippen LogP contribution >= 0.6 is 0 Å². The molecule has 96 valence electrons. The molecule has 0 N–H and O–H groups in total. The second-order valence-corrected chi connectivity index (χ2v) is 4.37. The average molecular weight is 252 g/mol. The molecule has 0 fully saturated rings. The van der Waals surface area contributed by atoms with Gasteiger partial charge < -0.3 is 4.74 Å². The minimum atomic E-state index is 0.0781. The molecule has 0 saturated heterocycles. The van der Waals surface area contributed by atoms with Crippen LogP contribution in [-0.2, 0) is 4.79 Å². The van der Waals surface area contributed by atoms with Crippen LogP contribution in [0, 0.1) is 0 Å². The van der Waals surface area contributed by atoms with Gasteiger partial charge in [0.25, 0.3) is 0 Å². The van der Waals surface area contributed by atoms with E-state index >= 15 is 0 Å². The zero-order chi connectivity index (χ0) is 13.7. The minimum absolute atomic E-state index is 0.0781. The lowest BCUT2D eigenvalue weighted by Crippen LogP contribution is -1.91. The van der Waals surface area contributed by atoms with Crippen molar-refractivity contribution in [1.29, 1.82) is 0 Å². The second kappa shape index (κ2) is 6.01. The van der Waals surface area contributed by atoms with Crippen LogP contribution in [0.4, 0.5) is 0 Å². The van der Waals surface area contributed by atoms with Crippen molar-refractivity contribution in [3.8, 4) is 11.5 Å². The SMILES string of the molecule is CC(=O)/C(C)=C/c1cccc(Oc2ccccc2)c1. The van der Waals surface area contributed by atoms with Crippen LogP contribution in [0.15, 0.2) is 60.2 Å². The number of rotatable bonds is 4. The summed E-state index contributed by atoms with van der Waals surface area (Å²) in [7, 11) is 0. The van der Waals surface area contributed by atoms with Gasteiger partial charge in [-0.15, -0.1) is 0 Å². The summed E-state index contributed by atoms with van der Waals surface area (Å²) in [5, 5.41) is 0. The molecule has 0 atom stereocenters. The molecule has 0 unspecified atom stereocenters. The summed E-state index contributed by atoms with van der Waals surface area (Å²) in [6.45, 7) is 3.38. The third-order valence-corrected chi connectivity index (χ3v) is 2.78. The van der Waals surface area contributed by atoms with Crippen molar-refractivity contribution in [2.45, 2.75) is 13.8 Å². The molecular weight excluding hydrogens is 236 g/mol. The van der Waals surface area contributed by atoms with Crippen molar-refractivity contribution >= 4 is 11.9 Å². The topological polar surface area (TPSA) is 26.3 Å². The second-order valence-electron chi connectivity index (χ2n) is 4.37. The molecule has 0 heterocycles. The molecule has 0 aromatic heterocycles. The molecule has 0 saturated carbocycles. The summed E-state index contributed by atoms with van der Waals surface area (Å²) in [5.74, 6) is 1.64. The quantitative estimate of drug-likeness (QED) is 0.750. The highest BCUT2D eigenvalue weighted by molar-refractivity contribution is 5.97. The highest BCUT2D eigenvalue weighted by Crippen LogP contribution is 2.22. The maximum absolute atomic E-state index is 11.2. The minimum Gasteiger partial charge on any atom is -0.457 e. The van der Waals surface area contributed by atoms with Gasteiger partial charge in [0.1, 0.15) is 11.5 Å². The average Bonchev–Trinajstić information content (AvgIpc) is 2.40. The normalized spacial score (nSPS) is 11.2. The van der Waals surface area contributed by atoms with Gasteiger partial charge in [0.15, 0.2) is 5.78 Å². The van der Waals surface area contributed by atoms with Crippen LogP contribution < -0.4 is 4.74 Å². The Morgan fingerprint density at radius 1 is 0.947 bits per heavy atom. The Hall–Kier alpha value is -2.35. The van der Waals surface area contributed by atoms with Crippen LogP contribution in [-0.4, -0.2) is 5.78 Å². The number of carbonyl (C=O) groups excluding carboxylic acids is 1. The summed E-state index contributed by atoms with van der Waals surface area (Å²) in [5.41, 5.74) is 1.69. The number of para-hydroxylation sites is 1. The van der Waals surface area contributed by atoms with E-state index in [4.69, 9.17) is 4.74 Å². The van der Waals surface area contributed by atoms with E-state index < -0.39 is 0 Å². The molecule has 0 bridgehead atoms. The number of benzene rings is 2. The van der Waals surface area contributed by atoms with Crippen molar-refractivity contribution in [1.82, 2.24) is 0 Å². The summed E-state index contributed by atoms with van der Waals surface area (Å²) < 4.78 is 5.75. The number of ether oxygens (including phenoxy) is 1. The molecule has 2 aromatic rings. The first kappa shape index (κ1) is 13.1. The smallest absolute Gasteiger partial charge is 0.155 e. The zero-order valence-corrected chi connectivity index (χ0v) is 11.1. The van der Waals surface area contributed by atoms with Crippen molar-refractivity contribution in [2.24, 2.45) is 0 Å². The molecule has 2 aromatic carbocycles.